The number of nitrogens with two attached hydrogens (primary N) is 1. The van der Waals surface area contributed by atoms with Crippen LogP contribution in [0.2, 0.25) is 23.2 Å². The van der Waals surface area contributed by atoms with Gasteiger partial charge in [0.2, 0.25) is 0 Å². The molecule has 1 aliphatic heterocycles. The molecule has 3 rings (SSSR count). The third-order valence-electron chi connectivity index (χ3n) is 6.67. The number of anilines is 2. The Hall–Kier alpha value is -2.23. The van der Waals surface area contributed by atoms with Crippen molar-refractivity contribution in [2.45, 2.75) is 45.3 Å². The van der Waals surface area contributed by atoms with Gasteiger partial charge in [0.25, 0.3) is 0 Å². The number of esters is 1. The zero-order chi connectivity index (χ0) is 24.6. The Labute approximate surface area is 200 Å². The Morgan fingerprint density at radius 1 is 1.30 bits per heavy atom. The fraction of sp³-hybridized carbons (Fsp3) is 0.522. The zero-order valence-corrected chi connectivity index (χ0v) is 21.8. The second-order valence-electron chi connectivity index (χ2n) is 10.2. The highest BCUT2D eigenvalue weighted by atomic mass is 35.5. The second-order valence-corrected chi connectivity index (χ2v) is 15.4. The standard InChI is InChI=1S/C23H32ClFN4O3Si/c1-22(2,3)33(5,6)32-14-23(9-10-31-21(23)30)13-29(4)20-18(26)12-19(27-28-20)16-11-15(24)7-8-17(16)25/h7-8,11-12H,9-10,13-14H2,1-6H3,(H2,26,27). The highest BCUT2D eigenvalue weighted by Crippen LogP contribution is 2.40. The highest BCUT2D eigenvalue weighted by Gasteiger charge is 2.48. The van der Waals surface area contributed by atoms with Crippen LogP contribution in [-0.2, 0) is 14.0 Å². The van der Waals surface area contributed by atoms with Gasteiger partial charge in [0, 0.05) is 30.6 Å². The summed E-state index contributed by atoms with van der Waals surface area (Å²) in [6, 6.07) is 5.77. The van der Waals surface area contributed by atoms with E-state index in [4.69, 9.17) is 26.5 Å². The Morgan fingerprint density at radius 3 is 2.58 bits per heavy atom. The SMILES string of the molecule is CN(CC1(CO[Si](C)(C)C(C)(C)C)CCOC1=O)c1nnc(-c2cc(Cl)ccc2F)cc1N. The lowest BCUT2D eigenvalue weighted by atomic mass is 9.87. The summed E-state index contributed by atoms with van der Waals surface area (Å²) in [5, 5.41) is 8.79. The lowest BCUT2D eigenvalue weighted by Gasteiger charge is -2.39. The average Bonchev–Trinajstić information content (AvgIpc) is 3.07. The summed E-state index contributed by atoms with van der Waals surface area (Å²) in [5.74, 6) is -0.352. The van der Waals surface area contributed by atoms with Crippen LogP contribution in [0.15, 0.2) is 24.3 Å². The fourth-order valence-electron chi connectivity index (χ4n) is 3.50. The first kappa shape index (κ1) is 25.4. The van der Waals surface area contributed by atoms with Crippen molar-refractivity contribution in [1.82, 2.24) is 10.2 Å². The number of ether oxygens (including phenoxy) is 1. The van der Waals surface area contributed by atoms with Crippen molar-refractivity contribution in [3.63, 3.8) is 0 Å². The van der Waals surface area contributed by atoms with Gasteiger partial charge in [-0.1, -0.05) is 32.4 Å². The summed E-state index contributed by atoms with van der Waals surface area (Å²) in [6.07, 6.45) is 0.546. The molecule has 2 aromatic rings. The predicted molar refractivity (Wildman–Crippen MR) is 131 cm³/mol. The van der Waals surface area contributed by atoms with Gasteiger partial charge in [0.1, 0.15) is 11.2 Å². The van der Waals surface area contributed by atoms with E-state index in [-0.39, 0.29) is 28.9 Å². The van der Waals surface area contributed by atoms with Crippen LogP contribution in [0.4, 0.5) is 15.9 Å². The highest BCUT2D eigenvalue weighted by molar-refractivity contribution is 6.74. The van der Waals surface area contributed by atoms with Crippen molar-refractivity contribution in [2.24, 2.45) is 5.41 Å². The number of carbonyl (C=O) groups is 1. The van der Waals surface area contributed by atoms with Crippen LogP contribution >= 0.6 is 11.6 Å². The number of nitrogens with zero attached hydrogens (tertiary/aromatic N) is 3. The van der Waals surface area contributed by atoms with Gasteiger partial charge in [-0.25, -0.2) is 4.39 Å². The molecule has 1 saturated heterocycles. The molecule has 180 valence electrons. The topological polar surface area (TPSA) is 90.6 Å². The summed E-state index contributed by atoms with van der Waals surface area (Å²) >= 11 is 6.00. The lowest BCUT2D eigenvalue weighted by Crippen LogP contribution is -2.49. The molecule has 0 radical (unpaired) electrons. The number of rotatable bonds is 7. The number of carbonyl (C=O) groups excluding carboxylic acids is 1. The minimum Gasteiger partial charge on any atom is -0.465 e. The molecule has 1 aliphatic rings. The first-order valence-corrected chi connectivity index (χ1v) is 14.2. The largest absolute Gasteiger partial charge is 0.465 e. The molecule has 1 fully saturated rings. The quantitative estimate of drug-likeness (QED) is 0.432. The molecule has 1 aromatic carbocycles. The van der Waals surface area contributed by atoms with Crippen molar-refractivity contribution in [3.05, 3.63) is 35.1 Å². The predicted octanol–water partition coefficient (Wildman–Crippen LogP) is 4.91. The van der Waals surface area contributed by atoms with Gasteiger partial charge in [-0.05, 0) is 42.4 Å². The third-order valence-corrected chi connectivity index (χ3v) is 11.4. The minimum atomic E-state index is -2.07. The van der Waals surface area contributed by atoms with E-state index in [0.717, 1.165) is 0 Å². The van der Waals surface area contributed by atoms with Crippen LogP contribution in [0.5, 0.6) is 0 Å². The van der Waals surface area contributed by atoms with Crippen LogP contribution in [0.3, 0.4) is 0 Å². The number of hydrogen-bond donors (Lipinski definition) is 1. The number of nitrogen functional groups attached to an aromatic ring is 1. The van der Waals surface area contributed by atoms with Crippen LogP contribution in [-0.4, -0.2) is 51.3 Å². The molecule has 33 heavy (non-hydrogen) atoms. The van der Waals surface area contributed by atoms with E-state index in [9.17, 15) is 9.18 Å². The van der Waals surface area contributed by atoms with Gasteiger partial charge in [0.05, 0.1) is 24.6 Å². The molecular weight excluding hydrogens is 463 g/mol. The molecule has 10 heteroatoms. The molecule has 0 amide bonds. The average molecular weight is 495 g/mol. The lowest BCUT2D eigenvalue weighted by molar-refractivity contribution is -0.147. The number of benzene rings is 1. The van der Waals surface area contributed by atoms with Gasteiger partial charge in [-0.2, -0.15) is 0 Å². The van der Waals surface area contributed by atoms with Crippen molar-refractivity contribution >= 4 is 37.4 Å². The summed E-state index contributed by atoms with van der Waals surface area (Å²) in [7, 11) is -0.279. The van der Waals surface area contributed by atoms with E-state index in [1.807, 2.05) is 0 Å². The summed E-state index contributed by atoms with van der Waals surface area (Å²) in [5.41, 5.74) is 6.25. The van der Waals surface area contributed by atoms with Crippen molar-refractivity contribution in [2.75, 3.05) is 37.4 Å². The normalized spacial score (nSPS) is 19.0. The molecule has 7 nitrogen and oxygen atoms in total. The Bertz CT molecular complexity index is 1050. The van der Waals surface area contributed by atoms with Gasteiger partial charge in [0.15, 0.2) is 14.1 Å². The van der Waals surface area contributed by atoms with Gasteiger partial charge in [-0.15, -0.1) is 10.2 Å². The van der Waals surface area contributed by atoms with Gasteiger partial charge >= 0.3 is 5.97 Å². The summed E-state index contributed by atoms with van der Waals surface area (Å²) in [4.78, 5) is 14.6. The van der Waals surface area contributed by atoms with E-state index in [1.54, 1.807) is 18.0 Å². The first-order chi connectivity index (χ1) is 15.3. The van der Waals surface area contributed by atoms with Crippen LogP contribution in [0.25, 0.3) is 11.3 Å². The first-order valence-electron chi connectivity index (χ1n) is 10.9. The second kappa shape index (κ2) is 9.19. The van der Waals surface area contributed by atoms with E-state index < -0.39 is 19.5 Å². The number of cyclic esters (lactones) is 1. The molecule has 2 N–H and O–H groups in total. The molecular formula is C23H32ClFN4O3Si. The Morgan fingerprint density at radius 2 is 2.00 bits per heavy atom. The minimum absolute atomic E-state index is 0.0178. The number of halogens is 2. The maximum Gasteiger partial charge on any atom is 0.316 e. The summed E-state index contributed by atoms with van der Waals surface area (Å²) < 4.78 is 26.0. The van der Waals surface area contributed by atoms with E-state index >= 15 is 0 Å². The van der Waals surface area contributed by atoms with Crippen molar-refractivity contribution in [3.8, 4) is 11.3 Å². The van der Waals surface area contributed by atoms with Crippen LogP contribution in [0, 0.1) is 11.2 Å². The molecule has 1 unspecified atom stereocenters. The molecule has 0 spiro atoms. The van der Waals surface area contributed by atoms with E-state index in [0.29, 0.717) is 36.1 Å². The zero-order valence-electron chi connectivity index (χ0n) is 20.0. The number of aromatic nitrogens is 2. The molecule has 0 aliphatic carbocycles. The molecule has 0 saturated carbocycles. The van der Waals surface area contributed by atoms with Crippen LogP contribution < -0.4 is 10.6 Å². The van der Waals surface area contributed by atoms with Crippen molar-refractivity contribution in [1.29, 1.82) is 0 Å². The fourth-order valence-corrected chi connectivity index (χ4v) is 4.74. The number of hydrogen-bond acceptors (Lipinski definition) is 7. The van der Waals surface area contributed by atoms with Crippen molar-refractivity contribution < 1.29 is 18.3 Å². The molecule has 0 bridgehead atoms. The van der Waals surface area contributed by atoms with E-state index in [2.05, 4.69) is 44.1 Å². The molecule has 1 atom stereocenters. The third kappa shape index (κ3) is 5.31. The maximum atomic E-state index is 14.2. The smallest absolute Gasteiger partial charge is 0.316 e. The van der Waals surface area contributed by atoms with Gasteiger partial charge in [-0.3, -0.25) is 4.79 Å². The molecule has 2 heterocycles. The monoisotopic (exact) mass is 494 g/mol. The van der Waals surface area contributed by atoms with E-state index in [1.165, 1.54) is 18.2 Å². The van der Waals surface area contributed by atoms with Gasteiger partial charge < -0.3 is 19.8 Å². The Kier molecular flexibility index (Phi) is 7.07. The van der Waals surface area contributed by atoms with Crippen LogP contribution in [0.1, 0.15) is 27.2 Å². The molecule has 1 aromatic heterocycles. The maximum absolute atomic E-state index is 14.2. The Balaban J connectivity index is 1.83. The summed E-state index contributed by atoms with van der Waals surface area (Å²) in [6.45, 7) is 11.7.